The van der Waals surface area contributed by atoms with Gasteiger partial charge in [-0.1, -0.05) is 35.0 Å². The highest BCUT2D eigenvalue weighted by atomic mass is 16.5. The molecule has 0 fully saturated rings. The lowest BCUT2D eigenvalue weighted by atomic mass is 10.0. The molecule has 0 bridgehead atoms. The predicted octanol–water partition coefficient (Wildman–Crippen LogP) is 4.46. The van der Waals surface area contributed by atoms with Crippen LogP contribution in [0.3, 0.4) is 0 Å². The molecule has 0 radical (unpaired) electrons. The maximum absolute atomic E-state index is 13.0. The number of nitrogens with one attached hydrogen (secondary N) is 1. The van der Waals surface area contributed by atoms with Crippen LogP contribution in [0.25, 0.3) is 22.4 Å². The van der Waals surface area contributed by atoms with E-state index in [1.807, 2.05) is 50.2 Å². The van der Waals surface area contributed by atoms with Gasteiger partial charge in [0.1, 0.15) is 5.82 Å². The number of pyridine rings is 2. The largest absolute Gasteiger partial charge is 0.335 e. The fourth-order valence-electron chi connectivity index (χ4n) is 2.93. The third kappa shape index (κ3) is 3.29. The third-order valence-electron chi connectivity index (χ3n) is 4.37. The summed E-state index contributed by atoms with van der Waals surface area (Å²) in [5, 5.41) is 7.43. The van der Waals surface area contributed by atoms with Crippen LogP contribution in [0.5, 0.6) is 0 Å². The molecule has 6 heteroatoms. The highest BCUT2D eigenvalue weighted by Gasteiger charge is 2.19. The SMILES string of the molecule is Cc1ccc(-c2cc(C(=O)Nc3cc(C)ccn3)c3c(C)noc3n2)cc1. The maximum atomic E-state index is 13.0. The first kappa shape index (κ1) is 16.9. The minimum Gasteiger partial charge on any atom is -0.335 e. The monoisotopic (exact) mass is 358 g/mol. The first-order chi connectivity index (χ1) is 13.0. The number of carbonyl (C=O) groups excluding carboxylic acids is 1. The van der Waals surface area contributed by atoms with Gasteiger partial charge in [0.25, 0.3) is 11.6 Å². The van der Waals surface area contributed by atoms with E-state index in [1.165, 1.54) is 0 Å². The van der Waals surface area contributed by atoms with Crippen molar-refractivity contribution in [1.29, 1.82) is 0 Å². The van der Waals surface area contributed by atoms with E-state index in [4.69, 9.17) is 4.52 Å². The molecule has 6 nitrogen and oxygen atoms in total. The van der Waals surface area contributed by atoms with E-state index in [2.05, 4.69) is 20.4 Å². The number of benzene rings is 1. The summed E-state index contributed by atoms with van der Waals surface area (Å²) < 4.78 is 5.34. The number of fused-ring (bicyclic) bond motifs is 1. The van der Waals surface area contributed by atoms with Crippen molar-refractivity contribution in [3.05, 3.63) is 71.0 Å². The van der Waals surface area contributed by atoms with Crippen LogP contribution in [0.2, 0.25) is 0 Å². The summed E-state index contributed by atoms with van der Waals surface area (Å²) in [6.45, 7) is 5.76. The fourth-order valence-corrected chi connectivity index (χ4v) is 2.93. The summed E-state index contributed by atoms with van der Waals surface area (Å²) in [5.41, 5.74) is 5.14. The van der Waals surface area contributed by atoms with Crippen molar-refractivity contribution in [2.75, 3.05) is 5.32 Å². The molecule has 1 amide bonds. The Morgan fingerprint density at radius 1 is 1.00 bits per heavy atom. The van der Waals surface area contributed by atoms with E-state index in [9.17, 15) is 4.79 Å². The fraction of sp³-hybridized carbons (Fsp3) is 0.143. The van der Waals surface area contributed by atoms with Crippen LogP contribution in [0.4, 0.5) is 5.82 Å². The molecule has 3 aromatic heterocycles. The molecule has 4 rings (SSSR count). The molecule has 27 heavy (non-hydrogen) atoms. The highest BCUT2D eigenvalue weighted by Crippen LogP contribution is 2.27. The molecule has 0 saturated heterocycles. The summed E-state index contributed by atoms with van der Waals surface area (Å²) >= 11 is 0. The Morgan fingerprint density at radius 2 is 1.78 bits per heavy atom. The second kappa shape index (κ2) is 6.64. The van der Waals surface area contributed by atoms with Crippen molar-refractivity contribution in [2.24, 2.45) is 0 Å². The Morgan fingerprint density at radius 3 is 2.52 bits per heavy atom. The topological polar surface area (TPSA) is 80.9 Å². The number of hydrogen-bond donors (Lipinski definition) is 1. The summed E-state index contributed by atoms with van der Waals surface area (Å²) in [7, 11) is 0. The van der Waals surface area contributed by atoms with Gasteiger partial charge in [0.2, 0.25) is 0 Å². The van der Waals surface area contributed by atoms with Gasteiger partial charge in [-0.3, -0.25) is 4.79 Å². The van der Waals surface area contributed by atoms with E-state index in [1.54, 1.807) is 19.2 Å². The van der Waals surface area contributed by atoms with Crippen LogP contribution >= 0.6 is 0 Å². The van der Waals surface area contributed by atoms with Crippen LogP contribution in [0.15, 0.2) is 53.2 Å². The van der Waals surface area contributed by atoms with Crippen LogP contribution in [-0.4, -0.2) is 21.0 Å². The smallest absolute Gasteiger partial charge is 0.259 e. The molecule has 0 aliphatic carbocycles. The first-order valence-electron chi connectivity index (χ1n) is 8.59. The van der Waals surface area contributed by atoms with E-state index in [-0.39, 0.29) is 5.91 Å². The molecule has 0 spiro atoms. The molecule has 0 aliphatic heterocycles. The van der Waals surface area contributed by atoms with Crippen LogP contribution in [-0.2, 0) is 0 Å². The Kier molecular flexibility index (Phi) is 4.16. The van der Waals surface area contributed by atoms with Crippen LogP contribution < -0.4 is 5.32 Å². The average Bonchev–Trinajstić information content (AvgIpc) is 3.03. The maximum Gasteiger partial charge on any atom is 0.259 e. The Bertz CT molecular complexity index is 1150. The van der Waals surface area contributed by atoms with Crippen molar-refractivity contribution in [2.45, 2.75) is 20.8 Å². The number of anilines is 1. The zero-order chi connectivity index (χ0) is 19.0. The molecule has 0 saturated carbocycles. The van der Waals surface area contributed by atoms with Gasteiger partial charge in [-0.05, 0) is 44.5 Å². The normalized spacial score (nSPS) is 10.9. The number of carbonyl (C=O) groups is 1. The second-order valence-electron chi connectivity index (χ2n) is 6.54. The minimum atomic E-state index is -0.278. The Hall–Kier alpha value is -3.54. The van der Waals surface area contributed by atoms with Crippen molar-refractivity contribution >= 4 is 22.8 Å². The van der Waals surface area contributed by atoms with Crippen LogP contribution in [0, 0.1) is 20.8 Å². The van der Waals surface area contributed by atoms with Crippen LogP contribution in [0.1, 0.15) is 27.2 Å². The summed E-state index contributed by atoms with van der Waals surface area (Å²) in [5.74, 6) is 0.219. The number of rotatable bonds is 3. The molecule has 4 aromatic rings. The van der Waals surface area contributed by atoms with Gasteiger partial charge < -0.3 is 9.84 Å². The van der Waals surface area contributed by atoms with Crippen molar-refractivity contribution in [3.63, 3.8) is 0 Å². The number of hydrogen-bond acceptors (Lipinski definition) is 5. The zero-order valence-corrected chi connectivity index (χ0v) is 15.3. The first-order valence-corrected chi connectivity index (χ1v) is 8.59. The number of aryl methyl sites for hydroxylation is 3. The lowest BCUT2D eigenvalue weighted by Crippen LogP contribution is -2.14. The molecule has 0 unspecified atom stereocenters. The number of aromatic nitrogens is 3. The third-order valence-corrected chi connectivity index (χ3v) is 4.37. The quantitative estimate of drug-likeness (QED) is 0.585. The molecule has 1 aromatic carbocycles. The van der Waals surface area contributed by atoms with E-state index < -0.39 is 0 Å². The van der Waals surface area contributed by atoms with Gasteiger partial charge >= 0.3 is 0 Å². The van der Waals surface area contributed by atoms with Gasteiger partial charge in [0.15, 0.2) is 0 Å². The second-order valence-corrected chi connectivity index (χ2v) is 6.54. The highest BCUT2D eigenvalue weighted by molar-refractivity contribution is 6.12. The molecule has 1 N–H and O–H groups in total. The lowest BCUT2D eigenvalue weighted by Gasteiger charge is -2.08. The summed E-state index contributed by atoms with van der Waals surface area (Å²) in [6.07, 6.45) is 1.66. The zero-order valence-electron chi connectivity index (χ0n) is 15.3. The van der Waals surface area contributed by atoms with Gasteiger partial charge in [0.05, 0.1) is 22.3 Å². The Balaban J connectivity index is 1.81. The number of nitrogens with zero attached hydrogens (tertiary/aromatic N) is 3. The van der Waals surface area contributed by atoms with Crippen molar-refractivity contribution in [3.8, 4) is 11.3 Å². The average molecular weight is 358 g/mol. The van der Waals surface area contributed by atoms with Gasteiger partial charge in [0, 0.05) is 11.8 Å². The molecular formula is C21H18N4O2. The molecule has 3 heterocycles. The van der Waals surface area contributed by atoms with E-state index >= 15 is 0 Å². The van der Waals surface area contributed by atoms with Crippen molar-refractivity contribution < 1.29 is 9.32 Å². The molecule has 0 atom stereocenters. The minimum absolute atomic E-state index is 0.278. The van der Waals surface area contributed by atoms with Crippen molar-refractivity contribution in [1.82, 2.24) is 15.1 Å². The molecule has 0 aliphatic rings. The lowest BCUT2D eigenvalue weighted by molar-refractivity contribution is 0.102. The van der Waals surface area contributed by atoms with E-state index in [0.29, 0.717) is 33.9 Å². The molecular weight excluding hydrogens is 340 g/mol. The Labute approximate surface area is 156 Å². The number of amides is 1. The molecule has 134 valence electrons. The van der Waals surface area contributed by atoms with Gasteiger partial charge in [-0.2, -0.15) is 0 Å². The summed E-state index contributed by atoms with van der Waals surface area (Å²) in [4.78, 5) is 21.7. The predicted molar refractivity (Wildman–Crippen MR) is 104 cm³/mol. The van der Waals surface area contributed by atoms with Gasteiger partial charge in [-0.25, -0.2) is 9.97 Å². The summed E-state index contributed by atoms with van der Waals surface area (Å²) in [6, 6.07) is 13.4. The standard InChI is InChI=1S/C21H18N4O2/c1-12-4-6-15(7-5-12)17-11-16(19-14(3)25-27-21(19)23-17)20(26)24-18-10-13(2)8-9-22-18/h4-11H,1-3H3,(H,22,24,26). The van der Waals surface area contributed by atoms with E-state index in [0.717, 1.165) is 16.7 Å². The van der Waals surface area contributed by atoms with Gasteiger partial charge in [-0.15, -0.1) is 0 Å².